The molecular weight excluding hydrogens is 254 g/mol. The van der Waals surface area contributed by atoms with Gasteiger partial charge in [-0.25, -0.2) is 9.97 Å². The zero-order chi connectivity index (χ0) is 13.2. The Balaban J connectivity index is 1.93. The highest BCUT2D eigenvalue weighted by atomic mass is 32.1. The number of nitrogens with zero attached hydrogens (tertiary/aromatic N) is 3. The third-order valence-corrected chi connectivity index (χ3v) is 4.45. The van der Waals surface area contributed by atoms with Gasteiger partial charge in [-0.05, 0) is 19.1 Å². The van der Waals surface area contributed by atoms with E-state index >= 15 is 0 Å². The molecule has 0 atom stereocenters. The molecule has 1 aromatic carbocycles. The fraction of sp³-hybridized carbons (Fsp3) is 0.333. The van der Waals surface area contributed by atoms with Crippen molar-refractivity contribution in [2.24, 2.45) is 0 Å². The molecule has 2 heterocycles. The number of imidazole rings is 1. The standard InChI is InChI=1S/C15H17N3S/c1-3-15-17-12-6-4-5-7-13(12)18(15)9-8-14-11(2)16-10-19-14/h4-7,10H,3,8-9H2,1-2H3. The lowest BCUT2D eigenvalue weighted by molar-refractivity contribution is 0.676. The van der Waals surface area contributed by atoms with Crippen molar-refractivity contribution in [1.29, 1.82) is 0 Å². The number of fused-ring (bicyclic) bond motifs is 1. The highest BCUT2D eigenvalue weighted by Gasteiger charge is 2.09. The van der Waals surface area contributed by atoms with E-state index < -0.39 is 0 Å². The summed E-state index contributed by atoms with van der Waals surface area (Å²) in [7, 11) is 0. The molecule has 0 bridgehead atoms. The maximum absolute atomic E-state index is 4.70. The summed E-state index contributed by atoms with van der Waals surface area (Å²) < 4.78 is 2.34. The molecule has 0 N–H and O–H groups in total. The molecule has 98 valence electrons. The van der Waals surface area contributed by atoms with Crippen molar-refractivity contribution < 1.29 is 0 Å². The summed E-state index contributed by atoms with van der Waals surface area (Å²) in [5.74, 6) is 1.17. The molecule has 3 nitrogen and oxygen atoms in total. The molecule has 0 aliphatic carbocycles. The van der Waals surface area contributed by atoms with Crippen LogP contribution in [0.2, 0.25) is 0 Å². The third kappa shape index (κ3) is 2.28. The second-order valence-electron chi connectivity index (χ2n) is 4.63. The predicted octanol–water partition coefficient (Wildman–Crippen LogP) is 3.61. The molecule has 3 aromatic rings. The van der Waals surface area contributed by atoms with Crippen molar-refractivity contribution in [3.05, 3.63) is 46.2 Å². The molecule has 0 saturated heterocycles. The number of thiazole rings is 1. The van der Waals surface area contributed by atoms with Gasteiger partial charge < -0.3 is 4.57 Å². The summed E-state index contributed by atoms with van der Waals surface area (Å²) in [6, 6.07) is 8.37. The van der Waals surface area contributed by atoms with Crippen LogP contribution < -0.4 is 0 Å². The first-order valence-corrected chi connectivity index (χ1v) is 7.50. The Labute approximate surface area is 116 Å². The second kappa shape index (κ2) is 5.13. The molecule has 0 amide bonds. The average Bonchev–Trinajstić information content (AvgIpc) is 2.99. The lowest BCUT2D eigenvalue weighted by atomic mass is 10.2. The first-order valence-electron chi connectivity index (χ1n) is 6.62. The van der Waals surface area contributed by atoms with Crippen LogP contribution in [0.25, 0.3) is 11.0 Å². The zero-order valence-electron chi connectivity index (χ0n) is 11.3. The van der Waals surface area contributed by atoms with Crippen molar-refractivity contribution in [1.82, 2.24) is 14.5 Å². The molecule has 0 fully saturated rings. The van der Waals surface area contributed by atoms with Gasteiger partial charge in [0.15, 0.2) is 0 Å². The summed E-state index contributed by atoms with van der Waals surface area (Å²) in [6.07, 6.45) is 2.00. The van der Waals surface area contributed by atoms with Gasteiger partial charge in [0.25, 0.3) is 0 Å². The Morgan fingerprint density at radius 1 is 1.26 bits per heavy atom. The van der Waals surface area contributed by atoms with Gasteiger partial charge in [-0.1, -0.05) is 19.1 Å². The highest BCUT2D eigenvalue weighted by molar-refractivity contribution is 7.09. The maximum atomic E-state index is 4.70. The molecule has 3 rings (SSSR count). The molecule has 0 unspecified atom stereocenters. The summed E-state index contributed by atoms with van der Waals surface area (Å²) in [6.45, 7) is 5.22. The minimum absolute atomic E-state index is 0.969. The van der Waals surface area contributed by atoms with Gasteiger partial charge in [-0.15, -0.1) is 11.3 Å². The van der Waals surface area contributed by atoms with E-state index in [1.165, 1.54) is 16.2 Å². The van der Waals surface area contributed by atoms with Crippen LogP contribution in [0, 0.1) is 6.92 Å². The molecule has 0 spiro atoms. The summed E-state index contributed by atoms with van der Waals surface area (Å²) in [5, 5.41) is 0. The van der Waals surface area contributed by atoms with Crippen LogP contribution in [0.5, 0.6) is 0 Å². The minimum Gasteiger partial charge on any atom is -0.328 e. The Hall–Kier alpha value is -1.68. The normalized spacial score (nSPS) is 11.3. The smallest absolute Gasteiger partial charge is 0.109 e. The van der Waals surface area contributed by atoms with Gasteiger partial charge in [0, 0.05) is 24.3 Å². The van der Waals surface area contributed by atoms with Gasteiger partial charge in [0.05, 0.1) is 22.2 Å². The van der Waals surface area contributed by atoms with Gasteiger partial charge >= 0.3 is 0 Å². The van der Waals surface area contributed by atoms with Crippen molar-refractivity contribution in [2.45, 2.75) is 33.2 Å². The topological polar surface area (TPSA) is 30.7 Å². The van der Waals surface area contributed by atoms with Crippen LogP contribution in [-0.4, -0.2) is 14.5 Å². The van der Waals surface area contributed by atoms with Crippen molar-refractivity contribution in [3.63, 3.8) is 0 Å². The van der Waals surface area contributed by atoms with Crippen LogP contribution >= 0.6 is 11.3 Å². The monoisotopic (exact) mass is 271 g/mol. The van der Waals surface area contributed by atoms with E-state index in [-0.39, 0.29) is 0 Å². The third-order valence-electron chi connectivity index (χ3n) is 3.46. The largest absolute Gasteiger partial charge is 0.328 e. The SMILES string of the molecule is CCc1nc2ccccc2n1CCc1scnc1C. The predicted molar refractivity (Wildman–Crippen MR) is 79.7 cm³/mol. The molecule has 2 aromatic heterocycles. The molecule has 0 saturated carbocycles. The number of benzene rings is 1. The number of hydrogen-bond acceptors (Lipinski definition) is 3. The van der Waals surface area contributed by atoms with Crippen LogP contribution in [0.1, 0.15) is 23.3 Å². The summed E-state index contributed by atoms with van der Waals surface area (Å²) >= 11 is 1.75. The van der Waals surface area contributed by atoms with Crippen molar-refractivity contribution in [3.8, 4) is 0 Å². The van der Waals surface area contributed by atoms with Crippen LogP contribution in [0.15, 0.2) is 29.8 Å². The number of aryl methyl sites for hydroxylation is 4. The Bertz CT molecular complexity index is 696. The van der Waals surface area contributed by atoms with Gasteiger partial charge in [0.2, 0.25) is 0 Å². The maximum Gasteiger partial charge on any atom is 0.109 e. The molecule has 0 aliphatic rings. The first-order chi connectivity index (χ1) is 9.29. The minimum atomic E-state index is 0.969. The Morgan fingerprint density at radius 2 is 2.11 bits per heavy atom. The van der Waals surface area contributed by atoms with Crippen molar-refractivity contribution in [2.75, 3.05) is 0 Å². The van der Waals surface area contributed by atoms with E-state index in [4.69, 9.17) is 4.98 Å². The second-order valence-corrected chi connectivity index (χ2v) is 5.57. The van der Waals surface area contributed by atoms with E-state index in [1.54, 1.807) is 11.3 Å². The molecular formula is C15H17N3S. The molecule has 0 aliphatic heterocycles. The lowest BCUT2D eigenvalue weighted by Crippen LogP contribution is -2.05. The Kier molecular flexibility index (Phi) is 3.34. The molecule has 4 heteroatoms. The summed E-state index contributed by atoms with van der Waals surface area (Å²) in [5.41, 5.74) is 5.42. The quantitative estimate of drug-likeness (QED) is 0.726. The fourth-order valence-electron chi connectivity index (χ4n) is 2.42. The molecule has 0 radical (unpaired) electrons. The number of aromatic nitrogens is 3. The van der Waals surface area contributed by atoms with Crippen LogP contribution in [0.3, 0.4) is 0 Å². The van der Waals surface area contributed by atoms with Gasteiger partial charge in [0.1, 0.15) is 5.82 Å². The number of hydrogen-bond donors (Lipinski definition) is 0. The summed E-state index contributed by atoms with van der Waals surface area (Å²) in [4.78, 5) is 10.4. The van der Waals surface area contributed by atoms with E-state index in [2.05, 4.69) is 41.6 Å². The lowest BCUT2D eigenvalue weighted by Gasteiger charge is -2.07. The first kappa shape index (κ1) is 12.4. The number of rotatable bonds is 4. The van der Waals surface area contributed by atoms with Gasteiger partial charge in [-0.2, -0.15) is 0 Å². The van der Waals surface area contributed by atoms with Crippen LogP contribution in [-0.2, 0) is 19.4 Å². The average molecular weight is 271 g/mol. The van der Waals surface area contributed by atoms with Gasteiger partial charge in [-0.3, -0.25) is 0 Å². The van der Waals surface area contributed by atoms with E-state index in [0.717, 1.165) is 30.6 Å². The van der Waals surface area contributed by atoms with E-state index in [1.807, 2.05) is 11.6 Å². The van der Waals surface area contributed by atoms with E-state index in [0.29, 0.717) is 0 Å². The zero-order valence-corrected chi connectivity index (χ0v) is 12.1. The van der Waals surface area contributed by atoms with E-state index in [9.17, 15) is 0 Å². The van der Waals surface area contributed by atoms with Crippen molar-refractivity contribution >= 4 is 22.4 Å². The Morgan fingerprint density at radius 3 is 2.84 bits per heavy atom. The number of para-hydroxylation sites is 2. The molecule has 19 heavy (non-hydrogen) atoms. The highest BCUT2D eigenvalue weighted by Crippen LogP contribution is 2.19. The fourth-order valence-corrected chi connectivity index (χ4v) is 3.19. The van der Waals surface area contributed by atoms with Crippen LogP contribution in [0.4, 0.5) is 0 Å².